The van der Waals surface area contributed by atoms with E-state index >= 15 is 0 Å². The summed E-state index contributed by atoms with van der Waals surface area (Å²) in [6.07, 6.45) is -0.260. The number of methoxy groups -OCH3 is 1. The number of benzene rings is 1. The molecule has 1 heterocycles. The topological polar surface area (TPSA) is 107 Å². The number of ether oxygens (including phenoxy) is 1. The molecular formula is C12H12N4O4. The molecule has 0 atom stereocenters. The third-order valence-corrected chi connectivity index (χ3v) is 2.60. The van der Waals surface area contributed by atoms with Gasteiger partial charge in [-0.15, -0.1) is 5.10 Å². The summed E-state index contributed by atoms with van der Waals surface area (Å²) in [4.78, 5) is 22.1. The average Bonchev–Trinajstić information content (AvgIpc) is 2.84. The summed E-state index contributed by atoms with van der Waals surface area (Å²) in [5.74, 6) is -1.19. The van der Waals surface area contributed by atoms with Gasteiger partial charge in [-0.25, -0.2) is 9.48 Å². The summed E-state index contributed by atoms with van der Waals surface area (Å²) in [7, 11) is 1.31. The second-order valence-electron chi connectivity index (χ2n) is 4.02. The van der Waals surface area contributed by atoms with E-state index in [-0.39, 0.29) is 18.8 Å². The van der Waals surface area contributed by atoms with Crippen molar-refractivity contribution in [3.05, 3.63) is 41.2 Å². The fourth-order valence-corrected chi connectivity index (χ4v) is 1.70. The standard InChI is InChI=1S/C12H12N4O4/c1-20-12(19)9-4-2-3-8(5-9)7-16-10(6-11(17)18)13-14-15-16/h2-5H,6-7H2,1H3,(H,17,18). The van der Waals surface area contributed by atoms with Gasteiger partial charge in [0.05, 0.1) is 19.2 Å². The van der Waals surface area contributed by atoms with Gasteiger partial charge in [-0.1, -0.05) is 12.1 Å². The van der Waals surface area contributed by atoms with Crippen LogP contribution in [0.5, 0.6) is 0 Å². The van der Waals surface area contributed by atoms with E-state index in [1.165, 1.54) is 11.8 Å². The van der Waals surface area contributed by atoms with Crippen molar-refractivity contribution in [2.24, 2.45) is 0 Å². The third kappa shape index (κ3) is 3.16. The second-order valence-corrected chi connectivity index (χ2v) is 4.02. The van der Waals surface area contributed by atoms with Crippen LogP contribution in [0, 0.1) is 0 Å². The summed E-state index contributed by atoms with van der Waals surface area (Å²) >= 11 is 0. The second kappa shape index (κ2) is 5.91. The summed E-state index contributed by atoms with van der Waals surface area (Å²) in [6, 6.07) is 6.78. The lowest BCUT2D eigenvalue weighted by atomic mass is 10.1. The van der Waals surface area contributed by atoms with Crippen molar-refractivity contribution in [1.82, 2.24) is 20.2 Å². The first-order valence-corrected chi connectivity index (χ1v) is 5.74. The Labute approximate surface area is 114 Å². The SMILES string of the molecule is COC(=O)c1cccc(Cn2nnnc2CC(=O)O)c1. The molecule has 0 unspecified atom stereocenters. The van der Waals surface area contributed by atoms with Crippen molar-refractivity contribution < 1.29 is 19.4 Å². The number of esters is 1. The molecule has 0 radical (unpaired) electrons. The molecule has 8 nitrogen and oxygen atoms in total. The zero-order valence-corrected chi connectivity index (χ0v) is 10.7. The van der Waals surface area contributed by atoms with Gasteiger partial charge in [0.15, 0.2) is 5.82 Å². The zero-order valence-electron chi connectivity index (χ0n) is 10.7. The predicted octanol–water partition coefficient (Wildman–Crippen LogP) is 0.135. The molecular weight excluding hydrogens is 264 g/mol. The molecule has 0 aliphatic heterocycles. The number of aliphatic carboxylic acids is 1. The zero-order chi connectivity index (χ0) is 14.5. The van der Waals surface area contributed by atoms with Gasteiger partial charge in [0.25, 0.3) is 0 Å². The number of rotatable bonds is 5. The summed E-state index contributed by atoms with van der Waals surface area (Å²) in [5, 5.41) is 19.6. The Morgan fingerprint density at radius 1 is 1.40 bits per heavy atom. The smallest absolute Gasteiger partial charge is 0.337 e. The van der Waals surface area contributed by atoms with Gasteiger partial charge in [0, 0.05) is 0 Å². The Morgan fingerprint density at radius 3 is 2.90 bits per heavy atom. The molecule has 2 aromatic rings. The number of carboxylic acids is 1. The Hall–Kier alpha value is -2.77. The summed E-state index contributed by atoms with van der Waals surface area (Å²) in [5.41, 5.74) is 1.18. The maximum absolute atomic E-state index is 11.4. The van der Waals surface area contributed by atoms with Crippen molar-refractivity contribution in [2.75, 3.05) is 7.11 Å². The van der Waals surface area contributed by atoms with Crippen molar-refractivity contribution >= 4 is 11.9 Å². The molecule has 0 bridgehead atoms. The molecule has 0 saturated carbocycles. The molecule has 0 aliphatic carbocycles. The maximum atomic E-state index is 11.4. The lowest BCUT2D eigenvalue weighted by molar-refractivity contribution is -0.136. The van der Waals surface area contributed by atoms with Gasteiger partial charge >= 0.3 is 11.9 Å². The number of nitrogens with zero attached hydrogens (tertiary/aromatic N) is 4. The first-order valence-electron chi connectivity index (χ1n) is 5.74. The van der Waals surface area contributed by atoms with Crippen LogP contribution >= 0.6 is 0 Å². The average molecular weight is 276 g/mol. The Balaban J connectivity index is 2.20. The van der Waals surface area contributed by atoms with Gasteiger partial charge in [-0.2, -0.15) is 0 Å². The summed E-state index contributed by atoms with van der Waals surface area (Å²) < 4.78 is 6.02. The molecule has 0 aliphatic rings. The lowest BCUT2D eigenvalue weighted by Crippen LogP contribution is -2.12. The third-order valence-electron chi connectivity index (χ3n) is 2.60. The first-order chi connectivity index (χ1) is 9.60. The van der Waals surface area contributed by atoms with E-state index in [0.717, 1.165) is 5.56 Å². The van der Waals surface area contributed by atoms with Crippen LogP contribution in [0.25, 0.3) is 0 Å². The number of carbonyl (C=O) groups excluding carboxylic acids is 1. The van der Waals surface area contributed by atoms with Crippen LogP contribution < -0.4 is 0 Å². The molecule has 0 amide bonds. The van der Waals surface area contributed by atoms with E-state index in [1.54, 1.807) is 24.3 Å². The van der Waals surface area contributed by atoms with Crippen molar-refractivity contribution in [3.8, 4) is 0 Å². The lowest BCUT2D eigenvalue weighted by Gasteiger charge is -2.05. The minimum atomic E-state index is -1.01. The number of tetrazole rings is 1. The maximum Gasteiger partial charge on any atom is 0.337 e. The van der Waals surface area contributed by atoms with Gasteiger partial charge in [-0.3, -0.25) is 4.79 Å². The molecule has 0 fully saturated rings. The minimum absolute atomic E-state index is 0.251. The fourth-order valence-electron chi connectivity index (χ4n) is 1.70. The van der Waals surface area contributed by atoms with E-state index < -0.39 is 11.9 Å². The molecule has 1 N–H and O–H groups in total. The van der Waals surface area contributed by atoms with E-state index in [9.17, 15) is 9.59 Å². The highest BCUT2D eigenvalue weighted by molar-refractivity contribution is 5.89. The molecule has 20 heavy (non-hydrogen) atoms. The van der Waals surface area contributed by atoms with Crippen LogP contribution in [0.4, 0.5) is 0 Å². The Bertz CT molecular complexity index is 638. The minimum Gasteiger partial charge on any atom is -0.481 e. The highest BCUT2D eigenvalue weighted by Gasteiger charge is 2.12. The Kier molecular flexibility index (Phi) is 4.04. The van der Waals surface area contributed by atoms with E-state index in [1.807, 2.05) is 0 Å². The van der Waals surface area contributed by atoms with Crippen LogP contribution in [-0.2, 0) is 22.5 Å². The van der Waals surface area contributed by atoms with Crippen LogP contribution in [0.2, 0.25) is 0 Å². The highest BCUT2D eigenvalue weighted by atomic mass is 16.5. The van der Waals surface area contributed by atoms with E-state index in [2.05, 4.69) is 20.3 Å². The van der Waals surface area contributed by atoms with Crippen LogP contribution in [-0.4, -0.2) is 44.4 Å². The molecule has 0 spiro atoms. The van der Waals surface area contributed by atoms with Crippen LogP contribution in [0.15, 0.2) is 24.3 Å². The van der Waals surface area contributed by atoms with E-state index in [0.29, 0.717) is 5.56 Å². The van der Waals surface area contributed by atoms with Crippen molar-refractivity contribution in [2.45, 2.75) is 13.0 Å². The molecule has 104 valence electrons. The fraction of sp³-hybridized carbons (Fsp3) is 0.250. The predicted molar refractivity (Wildman–Crippen MR) is 66.0 cm³/mol. The Morgan fingerprint density at radius 2 is 2.20 bits per heavy atom. The largest absolute Gasteiger partial charge is 0.481 e. The monoisotopic (exact) mass is 276 g/mol. The summed E-state index contributed by atoms with van der Waals surface area (Å²) in [6.45, 7) is 0.278. The molecule has 2 rings (SSSR count). The number of hydrogen-bond donors (Lipinski definition) is 1. The van der Waals surface area contributed by atoms with Gasteiger partial charge in [-0.05, 0) is 28.1 Å². The number of aromatic nitrogens is 4. The van der Waals surface area contributed by atoms with Crippen LogP contribution in [0.1, 0.15) is 21.7 Å². The molecule has 1 aromatic heterocycles. The van der Waals surface area contributed by atoms with Gasteiger partial charge < -0.3 is 9.84 Å². The molecule has 0 saturated heterocycles. The van der Waals surface area contributed by atoms with Crippen molar-refractivity contribution in [3.63, 3.8) is 0 Å². The van der Waals surface area contributed by atoms with E-state index in [4.69, 9.17) is 5.11 Å². The van der Waals surface area contributed by atoms with Crippen molar-refractivity contribution in [1.29, 1.82) is 0 Å². The van der Waals surface area contributed by atoms with Crippen LogP contribution in [0.3, 0.4) is 0 Å². The van der Waals surface area contributed by atoms with Gasteiger partial charge in [0.2, 0.25) is 0 Å². The number of carbonyl (C=O) groups is 2. The number of carboxylic acid groups (broad SMARTS) is 1. The molecule has 8 heteroatoms. The highest BCUT2D eigenvalue weighted by Crippen LogP contribution is 2.09. The quantitative estimate of drug-likeness (QED) is 0.773. The first kappa shape index (κ1) is 13.7. The molecule has 1 aromatic carbocycles. The van der Waals surface area contributed by atoms with Gasteiger partial charge in [0.1, 0.15) is 6.42 Å². The number of hydrogen-bond acceptors (Lipinski definition) is 6. The normalized spacial score (nSPS) is 10.2.